The monoisotopic (exact) mass is 708 g/mol. The predicted octanol–water partition coefficient (Wildman–Crippen LogP) is 5.77. The molecule has 1 saturated heterocycles. The van der Waals surface area contributed by atoms with Crippen LogP contribution in [0.2, 0.25) is 5.02 Å². The zero-order valence-corrected chi connectivity index (χ0v) is 30.7. The molecule has 2 N–H and O–H groups in total. The number of hydrogen-bond donors (Lipinski definition) is 2. The van der Waals surface area contributed by atoms with Crippen LogP contribution < -0.4 is 10.6 Å². The summed E-state index contributed by atoms with van der Waals surface area (Å²) in [5.41, 5.74) is -0.196. The number of ketones is 2. The Morgan fingerprint density at radius 2 is 1.78 bits per heavy atom. The summed E-state index contributed by atoms with van der Waals surface area (Å²) in [4.78, 5) is 76.3. The number of benzene rings is 1. The van der Waals surface area contributed by atoms with Crippen LogP contribution in [0.1, 0.15) is 117 Å². The maximum absolute atomic E-state index is 14.7. The maximum atomic E-state index is 14.7. The molecule has 1 aromatic carbocycles. The van der Waals surface area contributed by atoms with E-state index < -0.39 is 46.6 Å². The van der Waals surface area contributed by atoms with Crippen LogP contribution in [0, 0.1) is 29.1 Å². The second kappa shape index (κ2) is 14.8. The van der Waals surface area contributed by atoms with E-state index in [-0.39, 0.29) is 43.0 Å². The maximum Gasteiger partial charge on any atom is 0.246 e. The lowest BCUT2D eigenvalue weighted by molar-refractivity contribution is -0.145. The minimum absolute atomic E-state index is 0.0705. The number of rotatable bonds is 13. The standard InChI is InChI=1S/C39H53ClN4O6/c1-5-10-29(33(46)32(45)17-23-15-16-23)41-36(48)31-21-39(20-30(43-50-39)25-13-9-14-26(40)18-25)22-44(31)37(49)34(38(2,3)4)42-35(47)28-19-27(28)24-11-7-6-8-12-24/h9,13-14,18,23-24,27-29,31,34H,5-8,10-12,15-17,19-22H2,1-4H3,(H,41,48)(H,42,47)/t27-,28+,29+,31+,34-,39-/m1/s1. The number of carbonyl (C=O) groups excluding carboxylic acids is 5. The average Bonchev–Trinajstić information content (AvgIpc) is 4.00. The Morgan fingerprint density at radius 1 is 1.04 bits per heavy atom. The molecule has 11 heteroatoms. The minimum atomic E-state index is -1.00. The molecular weight excluding hydrogens is 656 g/mol. The van der Waals surface area contributed by atoms with Crippen molar-refractivity contribution < 1.29 is 28.8 Å². The Hall–Kier alpha value is -3.27. The van der Waals surface area contributed by atoms with Crippen molar-refractivity contribution in [3.05, 3.63) is 34.9 Å². The normalized spacial score (nSPS) is 27.7. The van der Waals surface area contributed by atoms with Gasteiger partial charge in [-0.25, -0.2) is 0 Å². The first-order valence-corrected chi connectivity index (χ1v) is 19.2. The van der Waals surface area contributed by atoms with Gasteiger partial charge < -0.3 is 20.4 Å². The first kappa shape index (κ1) is 36.5. The molecular formula is C39H53ClN4O6. The van der Waals surface area contributed by atoms with Crippen molar-refractivity contribution in [1.82, 2.24) is 15.5 Å². The van der Waals surface area contributed by atoms with E-state index in [2.05, 4.69) is 15.8 Å². The van der Waals surface area contributed by atoms with Crippen molar-refractivity contribution >= 4 is 46.6 Å². The fourth-order valence-corrected chi connectivity index (χ4v) is 8.51. The molecule has 6 rings (SSSR count). The van der Waals surface area contributed by atoms with Crippen molar-refractivity contribution in [2.45, 2.75) is 135 Å². The number of hydrogen-bond acceptors (Lipinski definition) is 7. The number of Topliss-reactive ketones (excluding diaryl/α,β-unsaturated/α-hetero) is 2. The highest BCUT2D eigenvalue weighted by Gasteiger charge is 2.56. The molecule has 50 heavy (non-hydrogen) atoms. The number of nitrogens with one attached hydrogen (secondary N) is 2. The first-order chi connectivity index (χ1) is 23.8. The van der Waals surface area contributed by atoms with Crippen molar-refractivity contribution in [2.75, 3.05) is 6.54 Å². The molecule has 2 aliphatic heterocycles. The highest BCUT2D eigenvalue weighted by molar-refractivity contribution is 6.39. The van der Waals surface area contributed by atoms with E-state index in [9.17, 15) is 24.0 Å². The summed E-state index contributed by atoms with van der Waals surface area (Å²) in [6, 6.07) is 4.43. The molecule has 3 saturated carbocycles. The van der Waals surface area contributed by atoms with E-state index in [0.29, 0.717) is 41.8 Å². The number of halogens is 1. The lowest BCUT2D eigenvalue weighted by Gasteiger charge is -2.36. The Labute approximate surface area is 300 Å². The molecule has 0 radical (unpaired) electrons. The van der Waals surface area contributed by atoms with E-state index in [1.807, 2.05) is 39.8 Å². The molecule has 0 aromatic heterocycles. The summed E-state index contributed by atoms with van der Waals surface area (Å²) in [7, 11) is 0. The summed E-state index contributed by atoms with van der Waals surface area (Å²) in [5, 5.41) is 10.9. The van der Waals surface area contributed by atoms with Gasteiger partial charge in [-0.15, -0.1) is 0 Å². The smallest absolute Gasteiger partial charge is 0.246 e. The summed E-state index contributed by atoms with van der Waals surface area (Å²) >= 11 is 6.27. The van der Waals surface area contributed by atoms with Crippen molar-refractivity contribution in [3.8, 4) is 0 Å². The van der Waals surface area contributed by atoms with Crippen molar-refractivity contribution in [2.24, 2.45) is 34.2 Å². The number of oxime groups is 1. The molecule has 5 aliphatic rings. The lowest BCUT2D eigenvalue weighted by Crippen LogP contribution is -2.59. The molecule has 3 aliphatic carbocycles. The molecule has 0 bridgehead atoms. The molecule has 0 unspecified atom stereocenters. The predicted molar refractivity (Wildman–Crippen MR) is 190 cm³/mol. The number of likely N-dealkylation sites (tertiary alicyclic amines) is 1. The van der Waals surface area contributed by atoms with Gasteiger partial charge in [-0.1, -0.05) is 95.1 Å². The van der Waals surface area contributed by atoms with E-state index in [1.54, 1.807) is 12.1 Å². The van der Waals surface area contributed by atoms with Crippen LogP contribution in [0.25, 0.3) is 0 Å². The van der Waals surface area contributed by atoms with Gasteiger partial charge in [0.15, 0.2) is 5.60 Å². The van der Waals surface area contributed by atoms with Crippen molar-refractivity contribution in [1.29, 1.82) is 0 Å². The summed E-state index contributed by atoms with van der Waals surface area (Å²) in [5.74, 6) is -0.946. The molecule has 10 nitrogen and oxygen atoms in total. The highest BCUT2D eigenvalue weighted by Crippen LogP contribution is 2.50. The van der Waals surface area contributed by atoms with Crippen LogP contribution in [-0.2, 0) is 28.8 Å². The third-order valence-electron chi connectivity index (χ3n) is 11.5. The van der Waals surface area contributed by atoms with E-state index in [4.69, 9.17) is 16.4 Å². The van der Waals surface area contributed by atoms with Gasteiger partial charge in [-0.3, -0.25) is 24.0 Å². The summed E-state index contributed by atoms with van der Waals surface area (Å²) < 4.78 is 0. The molecule has 4 fully saturated rings. The third-order valence-corrected chi connectivity index (χ3v) is 11.7. The third kappa shape index (κ3) is 8.27. The van der Waals surface area contributed by atoms with E-state index in [0.717, 1.165) is 37.7 Å². The van der Waals surface area contributed by atoms with Gasteiger partial charge in [-0.2, -0.15) is 0 Å². The molecule has 6 atom stereocenters. The van der Waals surface area contributed by atoms with Crippen LogP contribution in [-0.4, -0.2) is 70.2 Å². The van der Waals surface area contributed by atoms with E-state index >= 15 is 0 Å². The molecule has 2 heterocycles. The molecule has 272 valence electrons. The lowest BCUT2D eigenvalue weighted by atomic mass is 9.84. The topological polar surface area (TPSA) is 134 Å². The van der Waals surface area contributed by atoms with E-state index in [1.165, 1.54) is 24.2 Å². The Bertz CT molecular complexity index is 1530. The average molecular weight is 709 g/mol. The summed E-state index contributed by atoms with van der Waals surface area (Å²) in [6.07, 6.45) is 10.3. The van der Waals surface area contributed by atoms with Crippen LogP contribution in [0.5, 0.6) is 0 Å². The largest absolute Gasteiger partial charge is 0.387 e. The minimum Gasteiger partial charge on any atom is -0.387 e. The van der Waals surface area contributed by atoms with Gasteiger partial charge >= 0.3 is 0 Å². The van der Waals surface area contributed by atoms with Crippen LogP contribution in [0.4, 0.5) is 0 Å². The quantitative estimate of drug-likeness (QED) is 0.250. The van der Waals surface area contributed by atoms with Gasteiger partial charge in [0.1, 0.15) is 12.1 Å². The first-order valence-electron chi connectivity index (χ1n) is 18.8. The number of carbonyl (C=O) groups is 5. The van der Waals surface area contributed by atoms with Gasteiger partial charge in [0.2, 0.25) is 29.3 Å². The van der Waals surface area contributed by atoms with Gasteiger partial charge in [-0.05, 0) is 61.0 Å². The Morgan fingerprint density at radius 3 is 2.44 bits per heavy atom. The van der Waals surface area contributed by atoms with Crippen LogP contribution in [0.15, 0.2) is 29.4 Å². The van der Waals surface area contributed by atoms with Crippen molar-refractivity contribution in [3.63, 3.8) is 0 Å². The zero-order valence-electron chi connectivity index (χ0n) is 30.0. The van der Waals surface area contributed by atoms with Gasteiger partial charge in [0.05, 0.1) is 18.3 Å². The second-order valence-electron chi connectivity index (χ2n) is 16.7. The van der Waals surface area contributed by atoms with Crippen LogP contribution in [0.3, 0.4) is 0 Å². The second-order valence-corrected chi connectivity index (χ2v) is 17.1. The number of nitrogens with zero attached hydrogens (tertiary/aromatic N) is 2. The molecule has 3 amide bonds. The molecule has 1 spiro atoms. The fourth-order valence-electron chi connectivity index (χ4n) is 8.32. The molecule has 1 aromatic rings. The van der Waals surface area contributed by atoms with Gasteiger partial charge in [0, 0.05) is 35.8 Å². The summed E-state index contributed by atoms with van der Waals surface area (Å²) in [6.45, 7) is 7.71. The van der Waals surface area contributed by atoms with Crippen LogP contribution >= 0.6 is 11.6 Å². The number of amides is 3. The SMILES string of the molecule is CCC[C@H](NC(=O)[C@@H]1C[C@]2(CC(c3cccc(Cl)c3)=NO2)CN1C(=O)[C@@H](NC(=O)[C@H]1C[C@@H]1C1CCCCC1)C(C)(C)C)C(=O)C(=O)CC1CC1. The zero-order chi connectivity index (χ0) is 35.8. The fraction of sp³-hybridized carbons (Fsp3) is 0.692. The Kier molecular flexibility index (Phi) is 10.8. The Balaban J connectivity index is 1.22. The van der Waals surface area contributed by atoms with Gasteiger partial charge in [0.25, 0.3) is 0 Å². The highest BCUT2D eigenvalue weighted by atomic mass is 35.5.